The average molecular weight is 472 g/mol. The van der Waals surface area contributed by atoms with Crippen LogP contribution in [0.15, 0.2) is 36.5 Å². The van der Waals surface area contributed by atoms with Crippen LogP contribution in [0.4, 0.5) is 18.9 Å². The van der Waals surface area contributed by atoms with Crippen LogP contribution in [0, 0.1) is 24.2 Å². The Labute approximate surface area is 197 Å². The van der Waals surface area contributed by atoms with Gasteiger partial charge in [0.05, 0.1) is 35.9 Å². The number of amides is 1. The van der Waals surface area contributed by atoms with Crippen LogP contribution < -0.4 is 5.32 Å². The zero-order chi connectivity index (χ0) is 24.6. The molecule has 2 aliphatic rings. The third kappa shape index (κ3) is 4.80. The predicted molar refractivity (Wildman–Crippen MR) is 121 cm³/mol. The number of benzene rings is 1. The van der Waals surface area contributed by atoms with Crippen LogP contribution in [-0.2, 0) is 11.8 Å². The fourth-order valence-corrected chi connectivity index (χ4v) is 5.92. The van der Waals surface area contributed by atoms with Crippen molar-refractivity contribution < 1.29 is 23.1 Å². The molecule has 1 aromatic heterocycles. The number of pyridine rings is 1. The van der Waals surface area contributed by atoms with Crippen molar-refractivity contribution in [2.75, 3.05) is 5.32 Å². The highest BCUT2D eigenvalue weighted by atomic mass is 19.4. The molecule has 0 aliphatic heterocycles. The van der Waals surface area contributed by atoms with Gasteiger partial charge in [-0.2, -0.15) is 18.4 Å². The molecule has 2 aromatic rings. The summed E-state index contributed by atoms with van der Waals surface area (Å²) in [6.07, 6.45) is -1.55. The number of nitrogens with one attached hydrogen (secondary N) is 1. The molecule has 4 rings (SSSR count). The highest BCUT2D eigenvalue weighted by Gasteiger charge is 2.55. The summed E-state index contributed by atoms with van der Waals surface area (Å²) in [5.74, 6) is -0.725. The van der Waals surface area contributed by atoms with E-state index in [0.717, 1.165) is 5.56 Å². The smallest absolute Gasteiger partial charge is 0.389 e. The molecular weight excluding hydrogens is 443 g/mol. The van der Waals surface area contributed by atoms with E-state index in [-0.39, 0.29) is 37.5 Å². The maximum absolute atomic E-state index is 13.9. The van der Waals surface area contributed by atoms with Crippen LogP contribution in [0.1, 0.15) is 72.1 Å². The number of nitrogens with zero attached hydrogens (tertiary/aromatic N) is 2. The van der Waals surface area contributed by atoms with Gasteiger partial charge in [-0.05, 0) is 86.8 Å². The van der Waals surface area contributed by atoms with E-state index in [1.165, 1.54) is 0 Å². The number of alkyl halides is 3. The molecule has 1 saturated carbocycles. The van der Waals surface area contributed by atoms with Gasteiger partial charge in [0.25, 0.3) is 5.91 Å². The first-order valence-corrected chi connectivity index (χ1v) is 11.6. The Morgan fingerprint density at radius 3 is 2.82 bits per heavy atom. The van der Waals surface area contributed by atoms with Gasteiger partial charge in [-0.3, -0.25) is 9.78 Å². The number of carbonyl (C=O) groups is 1. The van der Waals surface area contributed by atoms with Crippen LogP contribution in [0.3, 0.4) is 0 Å². The van der Waals surface area contributed by atoms with E-state index in [2.05, 4.69) is 10.3 Å². The summed E-state index contributed by atoms with van der Waals surface area (Å²) in [4.78, 5) is 17.1. The van der Waals surface area contributed by atoms with E-state index >= 15 is 0 Å². The number of fused-ring (bicyclic) bond motifs is 3. The molecule has 5 nitrogen and oxygen atoms in total. The summed E-state index contributed by atoms with van der Waals surface area (Å²) in [7, 11) is 0. The first-order valence-electron chi connectivity index (χ1n) is 11.6. The van der Waals surface area contributed by atoms with Crippen molar-refractivity contribution in [2.24, 2.45) is 5.92 Å². The van der Waals surface area contributed by atoms with Gasteiger partial charge in [0.1, 0.15) is 0 Å². The lowest BCUT2D eigenvalue weighted by atomic mass is 9.56. The zero-order valence-electron chi connectivity index (χ0n) is 19.1. The zero-order valence-corrected chi connectivity index (χ0v) is 19.1. The largest absolute Gasteiger partial charge is 0.389 e. The molecule has 0 unspecified atom stereocenters. The predicted octanol–water partition coefficient (Wildman–Crippen LogP) is 5.61. The van der Waals surface area contributed by atoms with Crippen molar-refractivity contribution in [3.05, 3.63) is 58.9 Å². The lowest BCUT2D eigenvalue weighted by molar-refractivity contribution is -0.165. The van der Waals surface area contributed by atoms with Crippen molar-refractivity contribution in [3.63, 3.8) is 0 Å². The molecule has 0 radical (unpaired) electrons. The normalized spacial score (nSPS) is 26.5. The number of rotatable bonds is 4. The van der Waals surface area contributed by atoms with Crippen molar-refractivity contribution in [3.8, 4) is 6.07 Å². The van der Waals surface area contributed by atoms with Crippen LogP contribution in [0.2, 0.25) is 0 Å². The fraction of sp³-hybridized carbons (Fsp3) is 0.500. The molecule has 8 heteroatoms. The highest BCUT2D eigenvalue weighted by molar-refractivity contribution is 6.04. The second kappa shape index (κ2) is 9.03. The first kappa shape index (κ1) is 24.2. The molecular formula is C26H28F3N3O2. The summed E-state index contributed by atoms with van der Waals surface area (Å²) in [5.41, 5.74) is 0.610. The van der Waals surface area contributed by atoms with Crippen molar-refractivity contribution >= 4 is 11.6 Å². The van der Waals surface area contributed by atoms with Crippen molar-refractivity contribution in [2.45, 2.75) is 75.5 Å². The Balaban J connectivity index is 1.71. The van der Waals surface area contributed by atoms with E-state index in [4.69, 9.17) is 5.26 Å². The summed E-state index contributed by atoms with van der Waals surface area (Å²) >= 11 is 0. The molecule has 1 amide bonds. The molecule has 1 aromatic carbocycles. The van der Waals surface area contributed by atoms with E-state index in [0.29, 0.717) is 41.8 Å². The van der Waals surface area contributed by atoms with Crippen LogP contribution >= 0.6 is 0 Å². The number of hydrogen-bond donors (Lipinski definition) is 2. The minimum atomic E-state index is -4.38. The van der Waals surface area contributed by atoms with Crippen molar-refractivity contribution in [1.29, 1.82) is 5.26 Å². The summed E-state index contributed by atoms with van der Waals surface area (Å²) < 4.78 is 41.6. The number of carbonyl (C=O) groups excluding carboxylic acids is 1. The Hall–Kier alpha value is -2.92. The van der Waals surface area contributed by atoms with Gasteiger partial charge in [0, 0.05) is 17.2 Å². The fourth-order valence-electron chi connectivity index (χ4n) is 5.92. The number of aryl methyl sites for hydroxylation is 2. The van der Waals surface area contributed by atoms with Crippen LogP contribution in [0.5, 0.6) is 0 Å². The molecule has 1 heterocycles. The molecule has 3 atom stereocenters. The Morgan fingerprint density at radius 1 is 1.32 bits per heavy atom. The molecule has 34 heavy (non-hydrogen) atoms. The minimum absolute atomic E-state index is 0.0781. The monoisotopic (exact) mass is 471 g/mol. The molecule has 2 N–H and O–H groups in total. The van der Waals surface area contributed by atoms with E-state index in [9.17, 15) is 23.1 Å². The maximum Gasteiger partial charge on any atom is 0.389 e. The van der Waals surface area contributed by atoms with Crippen LogP contribution in [-0.4, -0.2) is 27.8 Å². The van der Waals surface area contributed by atoms with Crippen LogP contribution in [0.25, 0.3) is 0 Å². The number of anilines is 1. The number of nitriles is 1. The second-order valence-electron chi connectivity index (χ2n) is 9.76. The SMILES string of the molecule is Cc1ncccc1NC(=O)c1ccc2c(c1)CCC[C@H]1C[C@@](O)(CC#N)CC[C@@]21CC(F)(F)F. The standard InChI is InChI=1S/C26H28F3N3O2/c1-17-22(6-3-13-31-17)32-23(33)19-7-8-21-18(14-19)4-2-5-20-15-24(34,11-12-30)9-10-25(20,21)16-26(27,28)29/h3,6-8,13-14,20,34H,2,4-5,9-11,15-16H2,1H3,(H,32,33)/t20-,24-,25-/m0/s1. The van der Waals surface area contributed by atoms with E-state index < -0.39 is 23.6 Å². The number of halogens is 3. The number of aliphatic hydroxyl groups is 1. The van der Waals surface area contributed by atoms with Gasteiger partial charge in [-0.25, -0.2) is 0 Å². The topological polar surface area (TPSA) is 86.0 Å². The van der Waals surface area contributed by atoms with E-state index in [1.807, 2.05) is 6.07 Å². The van der Waals surface area contributed by atoms with Gasteiger partial charge in [-0.15, -0.1) is 0 Å². The molecule has 0 saturated heterocycles. The Morgan fingerprint density at radius 2 is 2.12 bits per heavy atom. The third-order valence-electron chi connectivity index (χ3n) is 7.53. The lowest BCUT2D eigenvalue weighted by Crippen LogP contribution is -2.49. The second-order valence-corrected chi connectivity index (χ2v) is 9.76. The van der Waals surface area contributed by atoms with Gasteiger partial charge in [-0.1, -0.05) is 6.07 Å². The van der Waals surface area contributed by atoms with Crippen molar-refractivity contribution in [1.82, 2.24) is 4.98 Å². The molecule has 2 aliphatic carbocycles. The summed E-state index contributed by atoms with van der Waals surface area (Å²) in [5, 5.41) is 22.8. The van der Waals surface area contributed by atoms with Gasteiger partial charge < -0.3 is 10.4 Å². The third-order valence-corrected chi connectivity index (χ3v) is 7.53. The lowest BCUT2D eigenvalue weighted by Gasteiger charge is -2.50. The van der Waals surface area contributed by atoms with E-state index in [1.54, 1.807) is 43.5 Å². The average Bonchev–Trinajstić information content (AvgIpc) is 2.90. The number of hydrogen-bond acceptors (Lipinski definition) is 4. The maximum atomic E-state index is 13.9. The van der Waals surface area contributed by atoms with Gasteiger partial charge in [0.2, 0.25) is 0 Å². The highest BCUT2D eigenvalue weighted by Crippen LogP contribution is 2.56. The summed E-state index contributed by atoms with van der Waals surface area (Å²) in [6.45, 7) is 1.78. The Kier molecular flexibility index (Phi) is 6.43. The molecule has 0 bridgehead atoms. The molecule has 180 valence electrons. The Bertz CT molecular complexity index is 1130. The minimum Gasteiger partial charge on any atom is -0.389 e. The number of aromatic nitrogens is 1. The molecule has 1 fully saturated rings. The quantitative estimate of drug-likeness (QED) is 0.607. The first-order chi connectivity index (χ1) is 16.1. The summed E-state index contributed by atoms with van der Waals surface area (Å²) in [6, 6.07) is 10.4. The molecule has 0 spiro atoms. The van der Waals surface area contributed by atoms with Gasteiger partial charge >= 0.3 is 6.18 Å². The van der Waals surface area contributed by atoms with Gasteiger partial charge in [0.15, 0.2) is 0 Å².